The van der Waals surface area contributed by atoms with Crippen molar-refractivity contribution in [1.82, 2.24) is 14.9 Å². The minimum atomic E-state index is -0.313. The average molecular weight is 479 g/mol. The summed E-state index contributed by atoms with van der Waals surface area (Å²) in [5.74, 6) is 0.267. The van der Waals surface area contributed by atoms with Crippen LogP contribution in [0.5, 0.6) is 5.75 Å². The summed E-state index contributed by atoms with van der Waals surface area (Å²) in [7, 11) is 1.57. The van der Waals surface area contributed by atoms with Gasteiger partial charge in [0.2, 0.25) is 0 Å². The number of hydrogen-bond acceptors (Lipinski definition) is 3. The number of halogens is 2. The standard InChI is InChI=1S/C25H20ClFN4OS/c1-32-22-12-11-16(15-17(22)26)31-24(23(29-25(31)33)19-8-4-5-13-28-19)21-10-6-14-30(21)20-9-3-2-7-18(20)27/h2-15,23-24H,1H3,(H,29,33)/t23-,24+/m0/s1. The van der Waals surface area contributed by atoms with Crippen LogP contribution in [0.1, 0.15) is 23.5 Å². The zero-order chi connectivity index (χ0) is 22.9. The Morgan fingerprint density at radius 2 is 1.88 bits per heavy atom. The molecule has 5 nitrogen and oxygen atoms in total. The van der Waals surface area contributed by atoms with E-state index in [1.54, 1.807) is 31.5 Å². The fraction of sp³-hybridized carbons (Fsp3) is 0.120. The second-order valence-electron chi connectivity index (χ2n) is 7.57. The van der Waals surface area contributed by atoms with Crippen LogP contribution in [0.4, 0.5) is 10.1 Å². The molecule has 1 aliphatic heterocycles. The van der Waals surface area contributed by atoms with Gasteiger partial charge in [-0.3, -0.25) is 4.98 Å². The Kier molecular flexibility index (Phi) is 5.74. The van der Waals surface area contributed by atoms with Gasteiger partial charge in [0.15, 0.2) is 5.11 Å². The number of rotatable bonds is 5. The number of thiocarbonyl (C=S) groups is 1. The van der Waals surface area contributed by atoms with Crippen molar-refractivity contribution < 1.29 is 9.13 Å². The lowest BCUT2D eigenvalue weighted by molar-refractivity contribution is 0.415. The van der Waals surface area contributed by atoms with E-state index < -0.39 is 0 Å². The lowest BCUT2D eigenvalue weighted by Gasteiger charge is -2.29. The fourth-order valence-corrected chi connectivity index (χ4v) is 4.84. The van der Waals surface area contributed by atoms with Gasteiger partial charge in [-0.15, -0.1) is 0 Å². The number of methoxy groups -OCH3 is 1. The molecule has 3 heterocycles. The Labute approximate surface area is 201 Å². The molecule has 0 amide bonds. The van der Waals surface area contributed by atoms with Crippen molar-refractivity contribution in [3.05, 3.63) is 107 Å². The summed E-state index contributed by atoms with van der Waals surface area (Å²) in [4.78, 5) is 6.56. The van der Waals surface area contributed by atoms with Gasteiger partial charge in [-0.25, -0.2) is 4.39 Å². The highest BCUT2D eigenvalue weighted by Gasteiger charge is 2.42. The van der Waals surface area contributed by atoms with E-state index in [2.05, 4.69) is 10.3 Å². The van der Waals surface area contributed by atoms with Crippen molar-refractivity contribution in [3.8, 4) is 11.4 Å². The predicted molar refractivity (Wildman–Crippen MR) is 132 cm³/mol. The minimum Gasteiger partial charge on any atom is -0.495 e. The number of nitrogens with zero attached hydrogens (tertiary/aromatic N) is 3. The van der Waals surface area contributed by atoms with Gasteiger partial charge in [-0.2, -0.15) is 0 Å². The monoisotopic (exact) mass is 478 g/mol. The van der Waals surface area contributed by atoms with Gasteiger partial charge in [-0.1, -0.05) is 29.8 Å². The molecule has 0 unspecified atom stereocenters. The van der Waals surface area contributed by atoms with E-state index in [-0.39, 0.29) is 17.9 Å². The van der Waals surface area contributed by atoms with Gasteiger partial charge >= 0.3 is 0 Å². The van der Waals surface area contributed by atoms with Gasteiger partial charge in [-0.05, 0) is 66.8 Å². The molecule has 2 atom stereocenters. The number of nitrogens with one attached hydrogen (secondary N) is 1. The normalized spacial score (nSPS) is 17.8. The van der Waals surface area contributed by atoms with E-state index in [0.717, 1.165) is 17.1 Å². The first kappa shape index (κ1) is 21.4. The second-order valence-corrected chi connectivity index (χ2v) is 8.36. The number of ether oxygens (including phenoxy) is 1. The van der Waals surface area contributed by atoms with Crippen molar-refractivity contribution in [3.63, 3.8) is 0 Å². The lowest BCUT2D eigenvalue weighted by Crippen LogP contribution is -2.30. The van der Waals surface area contributed by atoms with E-state index in [9.17, 15) is 4.39 Å². The van der Waals surface area contributed by atoms with E-state index in [0.29, 0.717) is 21.6 Å². The maximum absolute atomic E-state index is 14.8. The molecule has 2 aromatic carbocycles. The van der Waals surface area contributed by atoms with E-state index >= 15 is 0 Å². The molecule has 1 N–H and O–H groups in total. The van der Waals surface area contributed by atoms with Crippen LogP contribution < -0.4 is 15.0 Å². The van der Waals surface area contributed by atoms with Gasteiger partial charge in [0.05, 0.1) is 29.6 Å². The Morgan fingerprint density at radius 1 is 1.06 bits per heavy atom. The highest BCUT2D eigenvalue weighted by molar-refractivity contribution is 7.80. The molecule has 8 heteroatoms. The molecule has 1 aliphatic rings. The summed E-state index contributed by atoms with van der Waals surface area (Å²) >= 11 is 12.2. The molecule has 2 aromatic heterocycles. The number of anilines is 1. The number of aromatic nitrogens is 2. The maximum atomic E-state index is 14.8. The van der Waals surface area contributed by atoms with Gasteiger partial charge in [0, 0.05) is 23.8 Å². The molecular weight excluding hydrogens is 459 g/mol. The van der Waals surface area contributed by atoms with Crippen LogP contribution in [-0.2, 0) is 0 Å². The third-order valence-corrected chi connectivity index (χ3v) is 6.32. The molecule has 0 bridgehead atoms. The van der Waals surface area contributed by atoms with Crippen LogP contribution in [0.15, 0.2) is 85.2 Å². The Bertz CT molecular complexity index is 1310. The highest BCUT2D eigenvalue weighted by Crippen LogP contribution is 2.43. The molecule has 0 aliphatic carbocycles. The van der Waals surface area contributed by atoms with E-state index in [4.69, 9.17) is 28.6 Å². The van der Waals surface area contributed by atoms with E-state index in [1.165, 1.54) is 6.07 Å². The van der Waals surface area contributed by atoms with E-state index in [1.807, 2.05) is 64.2 Å². The number of hydrogen-bond donors (Lipinski definition) is 1. The van der Waals surface area contributed by atoms with Crippen molar-refractivity contribution >= 4 is 34.6 Å². The van der Waals surface area contributed by atoms with Crippen LogP contribution in [0.25, 0.3) is 5.69 Å². The summed E-state index contributed by atoms with van der Waals surface area (Å²) in [6.45, 7) is 0. The van der Waals surface area contributed by atoms with Crippen molar-refractivity contribution in [2.75, 3.05) is 12.0 Å². The molecule has 1 fully saturated rings. The van der Waals surface area contributed by atoms with Gasteiger partial charge in [0.25, 0.3) is 0 Å². The number of benzene rings is 2. The quantitative estimate of drug-likeness (QED) is 0.364. The molecule has 4 aromatic rings. The second kappa shape index (κ2) is 8.84. The van der Waals surface area contributed by atoms with Crippen LogP contribution in [-0.4, -0.2) is 21.8 Å². The first-order valence-electron chi connectivity index (χ1n) is 10.3. The third kappa shape index (κ3) is 3.83. The molecule has 5 rings (SSSR count). The predicted octanol–water partition coefficient (Wildman–Crippen LogP) is 5.85. The van der Waals surface area contributed by atoms with Gasteiger partial charge < -0.3 is 19.5 Å². The Hall–Kier alpha value is -3.42. The maximum Gasteiger partial charge on any atom is 0.174 e. The van der Waals surface area contributed by atoms with Crippen molar-refractivity contribution in [2.45, 2.75) is 12.1 Å². The number of pyridine rings is 1. The largest absolute Gasteiger partial charge is 0.495 e. The van der Waals surface area contributed by atoms with Gasteiger partial charge in [0.1, 0.15) is 17.6 Å². The zero-order valence-electron chi connectivity index (χ0n) is 17.7. The molecule has 33 heavy (non-hydrogen) atoms. The van der Waals surface area contributed by atoms with Crippen molar-refractivity contribution in [1.29, 1.82) is 0 Å². The van der Waals surface area contributed by atoms with Crippen LogP contribution >= 0.6 is 23.8 Å². The Morgan fingerprint density at radius 3 is 2.61 bits per heavy atom. The molecule has 0 saturated carbocycles. The summed E-state index contributed by atoms with van der Waals surface area (Å²) in [6.07, 6.45) is 3.60. The SMILES string of the molecule is COc1ccc(N2C(=S)N[C@@H](c3ccccn3)[C@H]2c2cccn2-c2ccccc2F)cc1Cl. The van der Waals surface area contributed by atoms with Crippen LogP contribution in [0.3, 0.4) is 0 Å². The Balaban J connectivity index is 1.68. The summed E-state index contributed by atoms with van der Waals surface area (Å²) in [5.41, 5.74) is 2.94. The van der Waals surface area contributed by atoms with Crippen LogP contribution in [0.2, 0.25) is 5.02 Å². The fourth-order valence-electron chi connectivity index (χ4n) is 4.24. The molecule has 0 spiro atoms. The molecular formula is C25H20ClFN4OS. The lowest BCUT2D eigenvalue weighted by atomic mass is 10.0. The smallest absolute Gasteiger partial charge is 0.174 e. The molecule has 1 saturated heterocycles. The third-order valence-electron chi connectivity index (χ3n) is 5.71. The first-order chi connectivity index (χ1) is 16.1. The topological polar surface area (TPSA) is 42.3 Å². The minimum absolute atomic E-state index is 0.264. The molecule has 0 radical (unpaired) electrons. The van der Waals surface area contributed by atoms with Crippen molar-refractivity contribution in [2.24, 2.45) is 0 Å². The first-order valence-corrected chi connectivity index (χ1v) is 11.1. The summed E-state index contributed by atoms with van der Waals surface area (Å²) < 4.78 is 21.9. The zero-order valence-corrected chi connectivity index (χ0v) is 19.2. The number of para-hydroxylation sites is 1. The molecule has 166 valence electrons. The van der Waals surface area contributed by atoms with Crippen LogP contribution in [0, 0.1) is 5.82 Å². The average Bonchev–Trinajstić information content (AvgIpc) is 3.44. The highest BCUT2D eigenvalue weighted by atomic mass is 35.5. The summed E-state index contributed by atoms with van der Waals surface area (Å²) in [5, 5.41) is 4.41. The summed E-state index contributed by atoms with van der Waals surface area (Å²) in [6, 6.07) is 21.3.